The van der Waals surface area contributed by atoms with Crippen molar-refractivity contribution in [3.05, 3.63) is 41.9 Å². The molecule has 2 saturated heterocycles. The van der Waals surface area contributed by atoms with Gasteiger partial charge < -0.3 is 26.6 Å². The summed E-state index contributed by atoms with van der Waals surface area (Å²) in [6.07, 6.45) is 7.35. The molecule has 8 nitrogen and oxygen atoms in total. The third-order valence-corrected chi connectivity index (χ3v) is 7.14. The maximum atomic E-state index is 13.2. The van der Waals surface area contributed by atoms with Crippen molar-refractivity contribution in [2.24, 2.45) is 5.73 Å². The van der Waals surface area contributed by atoms with Gasteiger partial charge in [-0.25, -0.2) is 0 Å². The van der Waals surface area contributed by atoms with Gasteiger partial charge in [-0.1, -0.05) is 0 Å². The van der Waals surface area contributed by atoms with Crippen LogP contribution in [0.15, 0.2) is 30.7 Å². The molecule has 1 amide bonds. The molecule has 1 atom stereocenters. The van der Waals surface area contributed by atoms with E-state index in [1.54, 1.807) is 12.4 Å². The molecule has 3 aromatic rings. The van der Waals surface area contributed by atoms with Crippen molar-refractivity contribution in [3.8, 4) is 0 Å². The van der Waals surface area contributed by atoms with Crippen molar-refractivity contribution in [2.45, 2.75) is 24.8 Å². The highest BCUT2D eigenvalue weighted by Gasteiger charge is 2.27. The summed E-state index contributed by atoms with van der Waals surface area (Å²) in [5.74, 6) is 0.235. The zero-order chi connectivity index (χ0) is 21.5. The van der Waals surface area contributed by atoms with Gasteiger partial charge >= 0.3 is 0 Å². The first-order valence-corrected chi connectivity index (χ1v) is 11.4. The van der Waals surface area contributed by atoms with E-state index in [4.69, 9.17) is 11.5 Å². The summed E-state index contributed by atoms with van der Waals surface area (Å²) < 4.78 is 0.947. The van der Waals surface area contributed by atoms with Crippen LogP contribution in [-0.4, -0.2) is 60.0 Å². The highest BCUT2D eigenvalue weighted by molar-refractivity contribution is 7.23. The molecule has 2 aliphatic heterocycles. The van der Waals surface area contributed by atoms with E-state index in [9.17, 15) is 4.79 Å². The van der Waals surface area contributed by atoms with E-state index in [2.05, 4.69) is 38.2 Å². The van der Waals surface area contributed by atoms with Gasteiger partial charge in [0.2, 0.25) is 0 Å². The average Bonchev–Trinajstić information content (AvgIpc) is 3.06. The van der Waals surface area contributed by atoms with Crippen LogP contribution in [-0.2, 0) is 0 Å². The van der Waals surface area contributed by atoms with Gasteiger partial charge in [-0.05, 0) is 37.6 Å². The number of aromatic nitrogens is 2. The predicted molar refractivity (Wildman–Crippen MR) is 126 cm³/mol. The molecule has 3 aromatic heterocycles. The number of rotatable bonds is 4. The number of hydrogen-bond donors (Lipinski definition) is 3. The Morgan fingerprint density at radius 3 is 2.90 bits per heavy atom. The molecule has 5 N–H and O–H groups in total. The minimum Gasteiger partial charge on any atom is -0.390 e. The van der Waals surface area contributed by atoms with Gasteiger partial charge in [0.05, 0.1) is 27.8 Å². The third-order valence-electron chi connectivity index (χ3n) is 6.18. The van der Waals surface area contributed by atoms with Gasteiger partial charge in [0.25, 0.3) is 5.91 Å². The summed E-state index contributed by atoms with van der Waals surface area (Å²) in [7, 11) is 2.11. The van der Waals surface area contributed by atoms with E-state index in [1.165, 1.54) is 16.9 Å². The Labute approximate surface area is 185 Å². The number of amides is 1. The molecule has 0 radical (unpaired) electrons. The van der Waals surface area contributed by atoms with Gasteiger partial charge in [-0.2, -0.15) is 0 Å². The molecule has 9 heteroatoms. The Hall–Kier alpha value is -2.75. The minimum atomic E-state index is -0.261. The lowest BCUT2D eigenvalue weighted by atomic mass is 9.93. The number of nitrogens with zero attached hydrogens (tertiary/aromatic N) is 4. The van der Waals surface area contributed by atoms with E-state index < -0.39 is 0 Å². The van der Waals surface area contributed by atoms with Crippen LogP contribution in [0.5, 0.6) is 0 Å². The number of thiophene rings is 1. The molecule has 0 aliphatic carbocycles. The number of likely N-dealkylation sites (tertiary alicyclic amines) is 1. The van der Waals surface area contributed by atoms with Gasteiger partial charge in [0.1, 0.15) is 10.6 Å². The number of nitrogens with two attached hydrogens (primary N) is 2. The van der Waals surface area contributed by atoms with Gasteiger partial charge in [0.15, 0.2) is 0 Å². The maximum Gasteiger partial charge on any atom is 0.260 e. The largest absolute Gasteiger partial charge is 0.390 e. The third kappa shape index (κ3) is 3.84. The van der Waals surface area contributed by atoms with Crippen molar-refractivity contribution in [1.29, 1.82) is 0 Å². The Morgan fingerprint density at radius 2 is 2.13 bits per heavy atom. The van der Waals surface area contributed by atoms with E-state index in [-0.39, 0.29) is 11.9 Å². The number of nitrogen functional groups attached to an aromatic ring is 1. The molecule has 162 valence electrons. The minimum absolute atomic E-state index is 0.135. The summed E-state index contributed by atoms with van der Waals surface area (Å²) >= 11 is 1.42. The van der Waals surface area contributed by atoms with Crippen LogP contribution in [0, 0.1) is 0 Å². The summed E-state index contributed by atoms with van der Waals surface area (Å²) in [6, 6.07) is 4.18. The van der Waals surface area contributed by atoms with Crippen LogP contribution in [0.3, 0.4) is 0 Å². The molecule has 0 aromatic carbocycles. The van der Waals surface area contributed by atoms with Crippen LogP contribution >= 0.6 is 11.3 Å². The Balaban J connectivity index is 1.42. The van der Waals surface area contributed by atoms with Gasteiger partial charge in [-0.15, -0.1) is 11.3 Å². The molecule has 0 unspecified atom stereocenters. The fraction of sp³-hybridized carbons (Fsp3) is 0.409. The van der Waals surface area contributed by atoms with Crippen molar-refractivity contribution < 1.29 is 4.79 Å². The van der Waals surface area contributed by atoms with Gasteiger partial charge in [-0.3, -0.25) is 14.8 Å². The van der Waals surface area contributed by atoms with E-state index in [0.717, 1.165) is 49.4 Å². The van der Waals surface area contributed by atoms with Crippen LogP contribution < -0.4 is 21.7 Å². The number of piperidine rings is 1. The first-order chi connectivity index (χ1) is 15.0. The second-order valence-electron chi connectivity index (χ2n) is 8.57. The highest BCUT2D eigenvalue weighted by atomic mass is 32.1. The topological polar surface area (TPSA) is 113 Å². The number of pyridine rings is 2. The first-order valence-electron chi connectivity index (χ1n) is 10.6. The van der Waals surface area contributed by atoms with Crippen LogP contribution in [0.4, 0.5) is 16.4 Å². The van der Waals surface area contributed by atoms with Crippen LogP contribution in [0.25, 0.3) is 10.2 Å². The number of carbonyl (C=O) groups is 1. The molecule has 2 fully saturated rings. The van der Waals surface area contributed by atoms with E-state index in [1.807, 2.05) is 12.3 Å². The second-order valence-corrected chi connectivity index (χ2v) is 9.65. The monoisotopic (exact) mass is 437 g/mol. The molecular formula is C22H27N7OS. The van der Waals surface area contributed by atoms with Crippen molar-refractivity contribution in [1.82, 2.24) is 14.9 Å². The molecule has 0 saturated carbocycles. The molecule has 0 bridgehead atoms. The fourth-order valence-corrected chi connectivity index (χ4v) is 5.51. The smallest absolute Gasteiger partial charge is 0.260 e. The molecule has 5 rings (SSSR count). The number of hydrogen-bond acceptors (Lipinski definition) is 8. The number of carbonyl (C=O) groups excluding carboxylic acids is 1. The SMILES string of the molecule is CN1CC(c2cnc3c(C(=O)Nc4cnccc4N4CCC[C@@H](N)C4)c(N)sc3c2)C1. The normalized spacial score (nSPS) is 20.1. The summed E-state index contributed by atoms with van der Waals surface area (Å²) in [4.78, 5) is 26.6. The Kier molecular flexibility index (Phi) is 5.25. The molecule has 0 spiro atoms. The van der Waals surface area contributed by atoms with Crippen molar-refractivity contribution in [2.75, 3.05) is 49.2 Å². The Bertz CT molecular complexity index is 1120. The lowest BCUT2D eigenvalue weighted by molar-refractivity contribution is 0.102. The predicted octanol–water partition coefficient (Wildman–Crippen LogP) is 2.48. The van der Waals surface area contributed by atoms with E-state index >= 15 is 0 Å². The number of nitrogens with one attached hydrogen (secondary N) is 1. The highest BCUT2D eigenvalue weighted by Crippen LogP contribution is 2.36. The second kappa shape index (κ2) is 8.07. The molecular weight excluding hydrogens is 410 g/mol. The van der Waals surface area contributed by atoms with Crippen molar-refractivity contribution in [3.63, 3.8) is 0 Å². The molecule has 31 heavy (non-hydrogen) atoms. The fourth-order valence-electron chi connectivity index (χ4n) is 4.54. The molecule has 5 heterocycles. The lowest BCUT2D eigenvalue weighted by Gasteiger charge is -2.36. The van der Waals surface area contributed by atoms with Gasteiger partial charge in [0, 0.05) is 50.5 Å². The zero-order valence-corrected chi connectivity index (χ0v) is 18.4. The number of fused-ring (bicyclic) bond motifs is 1. The standard InChI is InChI=1S/C22H27N7OS/c1-28-10-14(11-28)13-7-18-20(26-8-13)19(21(24)31-18)22(30)27-16-9-25-5-4-17(16)29-6-2-3-15(23)12-29/h4-5,7-9,14-15H,2-3,6,10-12,23-24H2,1H3,(H,27,30)/t15-/m1/s1. The lowest BCUT2D eigenvalue weighted by Crippen LogP contribution is -2.43. The quantitative estimate of drug-likeness (QED) is 0.575. The zero-order valence-electron chi connectivity index (χ0n) is 17.5. The number of likely N-dealkylation sites (N-methyl/N-ethyl adjacent to an activating group) is 1. The summed E-state index contributed by atoms with van der Waals surface area (Å²) in [5.41, 5.74) is 16.3. The maximum absolute atomic E-state index is 13.2. The van der Waals surface area contributed by atoms with Crippen LogP contribution in [0.1, 0.15) is 34.7 Å². The summed E-state index contributed by atoms with van der Waals surface area (Å²) in [5, 5.41) is 3.50. The molecule has 2 aliphatic rings. The average molecular weight is 438 g/mol. The van der Waals surface area contributed by atoms with Crippen molar-refractivity contribution >= 4 is 43.8 Å². The first kappa shape index (κ1) is 20.2. The summed E-state index contributed by atoms with van der Waals surface area (Å²) in [6.45, 7) is 3.73. The Morgan fingerprint density at radius 1 is 1.29 bits per heavy atom. The number of anilines is 3. The van der Waals surface area contributed by atoms with Crippen LogP contribution in [0.2, 0.25) is 0 Å². The van der Waals surface area contributed by atoms with E-state index in [0.29, 0.717) is 27.7 Å².